The number of aromatic amines is 1. The first-order valence-electron chi connectivity index (χ1n) is 8.75. The molecule has 0 aromatic carbocycles. The van der Waals surface area contributed by atoms with Crippen LogP contribution in [0.1, 0.15) is 5.56 Å². The number of thiophene rings is 1. The minimum atomic E-state index is -3.64. The van der Waals surface area contributed by atoms with Gasteiger partial charge in [0.05, 0.1) is 10.4 Å². The molecule has 4 heterocycles. The van der Waals surface area contributed by atoms with Gasteiger partial charge in [-0.25, -0.2) is 18.5 Å². The molecule has 0 bridgehead atoms. The molecule has 1 aliphatic rings. The smallest absolute Gasteiger partial charge is 0.264 e. The van der Waals surface area contributed by atoms with E-state index in [1.165, 1.54) is 10.4 Å². The molecule has 1 N–H and O–H groups in total. The van der Waals surface area contributed by atoms with Gasteiger partial charge in [0.2, 0.25) is 0 Å². The minimum Gasteiger partial charge on any atom is -0.353 e. The predicted octanol–water partition coefficient (Wildman–Crippen LogP) is 1.28. The maximum atomic E-state index is 13.0. The summed E-state index contributed by atoms with van der Waals surface area (Å²) in [5, 5.41) is 15.5. The Hall–Kier alpha value is -3.07. The van der Waals surface area contributed by atoms with Crippen LogP contribution in [0.5, 0.6) is 0 Å². The summed E-state index contributed by atoms with van der Waals surface area (Å²) in [7, 11) is -3.64. The van der Waals surface area contributed by atoms with Crippen molar-refractivity contribution in [2.24, 2.45) is 0 Å². The zero-order chi connectivity index (χ0) is 20.4. The fourth-order valence-corrected chi connectivity index (χ4v) is 5.93. The molecule has 4 rings (SSSR count). The number of rotatable bonds is 4. The maximum absolute atomic E-state index is 13.0. The van der Waals surface area contributed by atoms with Gasteiger partial charge in [0.1, 0.15) is 21.8 Å². The third-order valence-electron chi connectivity index (χ3n) is 4.55. The molecule has 1 aliphatic heterocycles. The number of anilines is 1. The molecule has 0 amide bonds. The highest BCUT2D eigenvalue weighted by molar-refractivity contribution is 7.91. The fourth-order valence-electron chi connectivity index (χ4n) is 3.08. The molecule has 0 aliphatic carbocycles. The van der Waals surface area contributed by atoms with Crippen LogP contribution in [-0.4, -0.2) is 54.1 Å². The van der Waals surface area contributed by atoms with E-state index in [0.29, 0.717) is 48.1 Å². The van der Waals surface area contributed by atoms with Crippen LogP contribution >= 0.6 is 11.3 Å². The molecular formula is C18H16N6O3S2. The second-order valence-electron chi connectivity index (χ2n) is 6.30. The summed E-state index contributed by atoms with van der Waals surface area (Å²) in [4.78, 5) is 18.0. The summed E-state index contributed by atoms with van der Waals surface area (Å²) in [6.07, 6.45) is 1.62. The first kappa shape index (κ1) is 19.3. The number of pyridine rings is 1. The van der Waals surface area contributed by atoms with Gasteiger partial charge in [-0.05, 0) is 30.3 Å². The number of aromatic nitrogens is 3. The molecule has 0 unspecified atom stereocenters. The third kappa shape index (κ3) is 3.77. The van der Waals surface area contributed by atoms with Gasteiger partial charge in [0.25, 0.3) is 15.6 Å². The number of piperazine rings is 1. The molecule has 0 spiro atoms. The Labute approximate surface area is 170 Å². The molecule has 3 aromatic rings. The van der Waals surface area contributed by atoms with E-state index in [2.05, 4.69) is 21.3 Å². The number of hydrogen-bond acceptors (Lipinski definition) is 8. The number of nitriles is 1. The minimum absolute atomic E-state index is 0.226. The lowest BCUT2D eigenvalue weighted by Crippen LogP contribution is -2.49. The van der Waals surface area contributed by atoms with Crippen molar-refractivity contribution in [2.75, 3.05) is 31.1 Å². The quantitative estimate of drug-likeness (QED) is 0.664. The van der Waals surface area contributed by atoms with Crippen molar-refractivity contribution in [1.82, 2.24) is 19.5 Å². The van der Waals surface area contributed by atoms with Gasteiger partial charge < -0.3 is 4.90 Å². The van der Waals surface area contributed by atoms with Crippen LogP contribution in [0.2, 0.25) is 0 Å². The molecule has 0 atom stereocenters. The topological polar surface area (TPSA) is 123 Å². The SMILES string of the molecule is N#Cc1cccnc1N1CCN(S(=O)(=O)c2ccc(-c3ccc(=O)[nH]n3)s2)CC1. The average Bonchev–Trinajstić information content (AvgIpc) is 3.25. The fraction of sp³-hybridized carbons (Fsp3) is 0.222. The van der Waals surface area contributed by atoms with Gasteiger partial charge in [-0.15, -0.1) is 11.3 Å². The van der Waals surface area contributed by atoms with Crippen molar-refractivity contribution >= 4 is 27.2 Å². The van der Waals surface area contributed by atoms with Gasteiger partial charge in [0.15, 0.2) is 0 Å². The van der Waals surface area contributed by atoms with E-state index in [0.717, 1.165) is 11.3 Å². The van der Waals surface area contributed by atoms with Gasteiger partial charge in [-0.1, -0.05) is 0 Å². The zero-order valence-corrected chi connectivity index (χ0v) is 16.8. The van der Waals surface area contributed by atoms with Crippen LogP contribution in [0.15, 0.2) is 51.6 Å². The van der Waals surface area contributed by atoms with Crippen LogP contribution in [0.3, 0.4) is 0 Å². The van der Waals surface area contributed by atoms with Gasteiger partial charge in [-0.3, -0.25) is 4.79 Å². The Bertz CT molecular complexity index is 1220. The van der Waals surface area contributed by atoms with E-state index in [1.807, 2.05) is 4.90 Å². The third-order valence-corrected chi connectivity index (χ3v) is 8.03. The summed E-state index contributed by atoms with van der Waals surface area (Å²) in [6.45, 7) is 1.50. The summed E-state index contributed by atoms with van der Waals surface area (Å²) in [6, 6.07) is 11.7. The predicted molar refractivity (Wildman–Crippen MR) is 108 cm³/mol. The van der Waals surface area contributed by atoms with Crippen LogP contribution in [0, 0.1) is 11.3 Å². The largest absolute Gasteiger partial charge is 0.353 e. The van der Waals surface area contributed by atoms with Crippen LogP contribution in [-0.2, 0) is 10.0 Å². The molecule has 9 nitrogen and oxygen atoms in total. The highest BCUT2D eigenvalue weighted by Gasteiger charge is 2.30. The molecule has 1 fully saturated rings. The van der Waals surface area contributed by atoms with E-state index in [9.17, 15) is 18.5 Å². The average molecular weight is 428 g/mol. The monoisotopic (exact) mass is 428 g/mol. The first-order valence-corrected chi connectivity index (χ1v) is 11.0. The number of H-pyrrole nitrogens is 1. The number of sulfonamides is 1. The highest BCUT2D eigenvalue weighted by Crippen LogP contribution is 2.31. The molecule has 11 heteroatoms. The second-order valence-corrected chi connectivity index (χ2v) is 9.55. The molecule has 0 radical (unpaired) electrons. The van der Waals surface area contributed by atoms with Gasteiger partial charge in [-0.2, -0.15) is 14.7 Å². The molecule has 29 heavy (non-hydrogen) atoms. The second kappa shape index (κ2) is 7.75. The van der Waals surface area contributed by atoms with Crippen molar-refractivity contribution in [3.8, 4) is 16.6 Å². The molecule has 1 saturated heterocycles. The Balaban J connectivity index is 1.50. The normalized spacial score (nSPS) is 15.2. The van der Waals surface area contributed by atoms with Gasteiger partial charge >= 0.3 is 0 Å². The Kier molecular flexibility index (Phi) is 5.14. The number of nitrogens with zero attached hydrogens (tertiary/aromatic N) is 5. The number of nitrogens with one attached hydrogen (secondary N) is 1. The standard InChI is InChI=1S/C18H16N6O3S2/c19-12-13-2-1-7-20-18(13)23-8-10-24(11-9-23)29(26,27)17-6-4-15(28-17)14-3-5-16(25)22-21-14/h1-7H,8-11H2,(H,22,25). The molecule has 3 aromatic heterocycles. The summed E-state index contributed by atoms with van der Waals surface area (Å²) >= 11 is 1.11. The first-order chi connectivity index (χ1) is 14.0. The Morgan fingerprint density at radius 2 is 1.90 bits per heavy atom. The Morgan fingerprint density at radius 3 is 2.59 bits per heavy atom. The summed E-state index contributed by atoms with van der Waals surface area (Å²) < 4.78 is 27.7. The van der Waals surface area contributed by atoms with Crippen molar-refractivity contribution in [3.63, 3.8) is 0 Å². The van der Waals surface area contributed by atoms with Crippen molar-refractivity contribution in [1.29, 1.82) is 5.26 Å². The van der Waals surface area contributed by atoms with Gasteiger partial charge in [0, 0.05) is 38.4 Å². The lowest BCUT2D eigenvalue weighted by molar-refractivity contribution is 0.384. The highest BCUT2D eigenvalue weighted by atomic mass is 32.2. The van der Waals surface area contributed by atoms with E-state index < -0.39 is 10.0 Å². The summed E-state index contributed by atoms with van der Waals surface area (Å²) in [5.41, 5.74) is 0.670. The zero-order valence-electron chi connectivity index (χ0n) is 15.1. The molecule has 0 saturated carbocycles. The van der Waals surface area contributed by atoms with E-state index >= 15 is 0 Å². The summed E-state index contributed by atoms with van der Waals surface area (Å²) in [5.74, 6) is 0.578. The molecular weight excluding hydrogens is 412 g/mol. The lowest BCUT2D eigenvalue weighted by atomic mass is 10.2. The van der Waals surface area contributed by atoms with E-state index in [1.54, 1.807) is 36.5 Å². The lowest BCUT2D eigenvalue weighted by Gasteiger charge is -2.34. The van der Waals surface area contributed by atoms with Crippen molar-refractivity contribution < 1.29 is 8.42 Å². The Morgan fingerprint density at radius 1 is 1.10 bits per heavy atom. The van der Waals surface area contributed by atoms with Crippen molar-refractivity contribution in [2.45, 2.75) is 4.21 Å². The molecule has 148 valence electrons. The van der Waals surface area contributed by atoms with E-state index in [4.69, 9.17) is 0 Å². The van der Waals surface area contributed by atoms with Crippen LogP contribution < -0.4 is 10.5 Å². The van der Waals surface area contributed by atoms with E-state index in [-0.39, 0.29) is 9.77 Å². The number of hydrogen-bond donors (Lipinski definition) is 1. The van der Waals surface area contributed by atoms with Crippen LogP contribution in [0.4, 0.5) is 5.82 Å². The van der Waals surface area contributed by atoms with Crippen molar-refractivity contribution in [3.05, 3.63) is 58.5 Å². The van der Waals surface area contributed by atoms with Crippen LogP contribution in [0.25, 0.3) is 10.6 Å². The maximum Gasteiger partial charge on any atom is 0.264 e.